The molecule has 0 N–H and O–H groups in total. The Labute approximate surface area is 55.7 Å². The maximum atomic E-state index is 4.08. The van der Waals surface area contributed by atoms with E-state index in [1.807, 2.05) is 13.8 Å². The van der Waals surface area contributed by atoms with E-state index in [4.69, 9.17) is 0 Å². The zero-order valence-corrected chi connectivity index (χ0v) is 6.02. The lowest BCUT2D eigenvalue weighted by atomic mass is 10.1. The number of aromatic nitrogens is 1. The Bertz CT molecular complexity index is 196. The van der Waals surface area contributed by atoms with Gasteiger partial charge in [0.25, 0.3) is 0 Å². The second kappa shape index (κ2) is 2.18. The standard InChI is InChI=1S/C8H10N/c1-6-4-5-9-8(3)7(6)2/h5H,1-3H3. The largest absolute Gasteiger partial charge is 0.261 e. The van der Waals surface area contributed by atoms with Gasteiger partial charge in [-0.25, -0.2) is 0 Å². The van der Waals surface area contributed by atoms with Crippen molar-refractivity contribution in [2.45, 2.75) is 20.8 Å². The lowest BCUT2D eigenvalue weighted by Crippen LogP contribution is -1.88. The Morgan fingerprint density at radius 2 is 2.00 bits per heavy atom. The SMILES string of the molecule is Cc1[c]cnc(C)c1C. The molecule has 0 amide bonds. The van der Waals surface area contributed by atoms with Gasteiger partial charge in [-0.1, -0.05) is 0 Å². The first-order valence-corrected chi connectivity index (χ1v) is 3.02. The molecule has 0 aromatic carbocycles. The number of rotatable bonds is 0. The van der Waals surface area contributed by atoms with Gasteiger partial charge in [0.15, 0.2) is 0 Å². The van der Waals surface area contributed by atoms with Crippen molar-refractivity contribution in [1.29, 1.82) is 0 Å². The van der Waals surface area contributed by atoms with Crippen molar-refractivity contribution in [2.75, 3.05) is 0 Å². The molecule has 1 heterocycles. The maximum Gasteiger partial charge on any atom is 0.0404 e. The Morgan fingerprint density at radius 3 is 2.44 bits per heavy atom. The molecule has 0 fully saturated rings. The third-order valence-electron chi connectivity index (χ3n) is 1.64. The highest BCUT2D eigenvalue weighted by Gasteiger charge is 1.93. The predicted molar refractivity (Wildman–Crippen MR) is 37.3 cm³/mol. The molecule has 0 aliphatic carbocycles. The number of aryl methyl sites for hydroxylation is 2. The van der Waals surface area contributed by atoms with Crippen molar-refractivity contribution in [3.05, 3.63) is 29.1 Å². The van der Waals surface area contributed by atoms with E-state index in [1.54, 1.807) is 6.20 Å². The van der Waals surface area contributed by atoms with Gasteiger partial charge in [0.05, 0.1) is 0 Å². The van der Waals surface area contributed by atoms with Crippen LogP contribution in [0.4, 0.5) is 0 Å². The second-order valence-corrected chi connectivity index (χ2v) is 2.24. The smallest absolute Gasteiger partial charge is 0.0404 e. The molecule has 0 bridgehead atoms. The van der Waals surface area contributed by atoms with Crippen molar-refractivity contribution in [2.24, 2.45) is 0 Å². The number of pyridine rings is 1. The first-order valence-electron chi connectivity index (χ1n) is 3.02. The number of nitrogens with zero attached hydrogens (tertiary/aromatic N) is 1. The summed E-state index contributed by atoms with van der Waals surface area (Å²) in [4.78, 5) is 4.08. The lowest BCUT2D eigenvalue weighted by Gasteiger charge is -1.99. The van der Waals surface area contributed by atoms with E-state index in [-0.39, 0.29) is 0 Å². The first kappa shape index (κ1) is 6.27. The van der Waals surface area contributed by atoms with Gasteiger partial charge in [0.2, 0.25) is 0 Å². The van der Waals surface area contributed by atoms with Crippen LogP contribution in [0, 0.1) is 26.8 Å². The summed E-state index contributed by atoms with van der Waals surface area (Å²) in [5.41, 5.74) is 3.55. The molecule has 9 heavy (non-hydrogen) atoms. The minimum Gasteiger partial charge on any atom is -0.261 e. The van der Waals surface area contributed by atoms with Crippen molar-refractivity contribution in [3.8, 4) is 0 Å². The Balaban J connectivity index is 3.25. The van der Waals surface area contributed by atoms with Gasteiger partial charge in [0, 0.05) is 18.0 Å². The van der Waals surface area contributed by atoms with Gasteiger partial charge in [0.1, 0.15) is 0 Å². The van der Waals surface area contributed by atoms with Crippen LogP contribution in [-0.2, 0) is 0 Å². The van der Waals surface area contributed by atoms with Crippen molar-refractivity contribution in [1.82, 2.24) is 4.98 Å². The fraction of sp³-hybridized carbons (Fsp3) is 0.375. The summed E-state index contributed by atoms with van der Waals surface area (Å²) in [7, 11) is 0. The molecule has 1 rings (SSSR count). The van der Waals surface area contributed by atoms with Crippen molar-refractivity contribution < 1.29 is 0 Å². The van der Waals surface area contributed by atoms with E-state index in [0.29, 0.717) is 0 Å². The molecule has 1 radical (unpaired) electrons. The molecule has 0 spiro atoms. The summed E-state index contributed by atoms with van der Waals surface area (Å²) in [6, 6.07) is 3.03. The van der Waals surface area contributed by atoms with Gasteiger partial charge in [-0.3, -0.25) is 4.98 Å². The monoisotopic (exact) mass is 120 g/mol. The summed E-state index contributed by atoms with van der Waals surface area (Å²) < 4.78 is 0. The summed E-state index contributed by atoms with van der Waals surface area (Å²) in [5, 5.41) is 0. The van der Waals surface area contributed by atoms with Crippen LogP contribution >= 0.6 is 0 Å². The highest BCUT2D eigenvalue weighted by atomic mass is 14.7. The van der Waals surface area contributed by atoms with Gasteiger partial charge in [-0.15, -0.1) is 0 Å². The van der Waals surface area contributed by atoms with Crippen LogP contribution < -0.4 is 0 Å². The van der Waals surface area contributed by atoms with Crippen LogP contribution in [-0.4, -0.2) is 4.98 Å². The molecule has 0 aliphatic heterocycles. The van der Waals surface area contributed by atoms with E-state index >= 15 is 0 Å². The van der Waals surface area contributed by atoms with Crippen LogP contribution in [0.25, 0.3) is 0 Å². The third kappa shape index (κ3) is 1.10. The lowest BCUT2D eigenvalue weighted by molar-refractivity contribution is 1.12. The molecule has 0 unspecified atom stereocenters. The third-order valence-corrected chi connectivity index (χ3v) is 1.64. The molecular weight excluding hydrogens is 110 g/mol. The molecule has 1 heteroatoms. The zero-order valence-electron chi connectivity index (χ0n) is 6.02. The zero-order chi connectivity index (χ0) is 6.85. The molecular formula is C8H10N. The summed E-state index contributed by atoms with van der Waals surface area (Å²) in [6.45, 7) is 6.12. The van der Waals surface area contributed by atoms with Crippen molar-refractivity contribution in [3.63, 3.8) is 0 Å². The molecule has 47 valence electrons. The number of hydrogen-bond acceptors (Lipinski definition) is 1. The van der Waals surface area contributed by atoms with Gasteiger partial charge in [-0.2, -0.15) is 0 Å². The molecule has 0 saturated heterocycles. The number of hydrogen-bond donors (Lipinski definition) is 0. The van der Waals surface area contributed by atoms with Crippen LogP contribution in [0.15, 0.2) is 6.20 Å². The average molecular weight is 120 g/mol. The minimum atomic E-state index is 1.10. The van der Waals surface area contributed by atoms with Crippen molar-refractivity contribution >= 4 is 0 Å². The fourth-order valence-electron chi connectivity index (χ4n) is 0.702. The normalized spacial score (nSPS) is 9.67. The Morgan fingerprint density at radius 1 is 1.33 bits per heavy atom. The molecule has 1 aromatic heterocycles. The topological polar surface area (TPSA) is 12.9 Å². The average Bonchev–Trinajstić information content (AvgIpc) is 1.83. The quantitative estimate of drug-likeness (QED) is 0.508. The van der Waals surface area contributed by atoms with Crippen LogP contribution in [0.3, 0.4) is 0 Å². The van der Waals surface area contributed by atoms with Gasteiger partial charge < -0.3 is 0 Å². The van der Waals surface area contributed by atoms with E-state index in [2.05, 4.69) is 18.0 Å². The molecule has 1 aromatic rings. The Kier molecular flexibility index (Phi) is 1.52. The summed E-state index contributed by atoms with van der Waals surface area (Å²) >= 11 is 0. The fourth-order valence-corrected chi connectivity index (χ4v) is 0.702. The van der Waals surface area contributed by atoms with Crippen LogP contribution in [0.1, 0.15) is 16.8 Å². The van der Waals surface area contributed by atoms with Crippen LogP contribution in [0.5, 0.6) is 0 Å². The summed E-state index contributed by atoms with van der Waals surface area (Å²) in [5.74, 6) is 0. The van der Waals surface area contributed by atoms with Crippen LogP contribution in [0.2, 0.25) is 0 Å². The molecule has 1 nitrogen and oxygen atoms in total. The molecule has 0 aliphatic rings. The van der Waals surface area contributed by atoms with Gasteiger partial charge in [-0.05, 0) is 31.9 Å². The highest BCUT2D eigenvalue weighted by Crippen LogP contribution is 2.06. The first-order chi connectivity index (χ1) is 4.22. The molecule has 0 saturated carbocycles. The summed E-state index contributed by atoms with van der Waals surface area (Å²) in [6.07, 6.45) is 1.72. The maximum absolute atomic E-state index is 4.08. The van der Waals surface area contributed by atoms with E-state index < -0.39 is 0 Å². The Hall–Kier alpha value is -0.850. The molecule has 0 atom stereocenters. The van der Waals surface area contributed by atoms with Gasteiger partial charge >= 0.3 is 0 Å². The van der Waals surface area contributed by atoms with E-state index in [0.717, 1.165) is 5.69 Å². The minimum absolute atomic E-state index is 1.10. The second-order valence-electron chi connectivity index (χ2n) is 2.24. The predicted octanol–water partition coefficient (Wildman–Crippen LogP) is 1.81. The highest BCUT2D eigenvalue weighted by molar-refractivity contribution is 5.24. The van der Waals surface area contributed by atoms with E-state index in [1.165, 1.54) is 11.1 Å². The van der Waals surface area contributed by atoms with E-state index in [9.17, 15) is 0 Å².